The van der Waals surface area contributed by atoms with Gasteiger partial charge in [-0.1, -0.05) is 23.2 Å². The molecule has 7 heteroatoms. The molecule has 0 aromatic heterocycles. The summed E-state index contributed by atoms with van der Waals surface area (Å²) in [5, 5.41) is 1.05. The van der Waals surface area contributed by atoms with E-state index in [0.29, 0.717) is 14.9 Å². The van der Waals surface area contributed by atoms with Crippen molar-refractivity contribution < 1.29 is 13.0 Å². The summed E-state index contributed by atoms with van der Waals surface area (Å²) in [4.78, 5) is 0.702. The normalized spacial score (nSPS) is 11.7. The molecule has 0 saturated carbocycles. The van der Waals surface area contributed by atoms with Gasteiger partial charge in [0, 0.05) is 15.7 Å². The molecule has 1 aromatic rings. The number of hydrogen-bond donors (Lipinski definition) is 1. The molecule has 0 heterocycles. The monoisotopic (exact) mass is 286 g/mol. The predicted molar refractivity (Wildman–Crippen MR) is 63.6 cm³/mol. The van der Waals surface area contributed by atoms with Gasteiger partial charge in [-0.2, -0.15) is 8.42 Å². The van der Waals surface area contributed by atoms with Gasteiger partial charge in [-0.15, -0.1) is 11.8 Å². The third kappa shape index (κ3) is 5.08. The van der Waals surface area contributed by atoms with Gasteiger partial charge in [-0.05, 0) is 18.2 Å². The molecular formula is C8H8Cl2O3S2. The lowest BCUT2D eigenvalue weighted by atomic mass is 10.4. The fourth-order valence-corrected chi connectivity index (χ4v) is 3.17. The van der Waals surface area contributed by atoms with Gasteiger partial charge >= 0.3 is 0 Å². The smallest absolute Gasteiger partial charge is 0.265 e. The lowest BCUT2D eigenvalue weighted by Gasteiger charge is -2.03. The van der Waals surface area contributed by atoms with E-state index in [0.717, 1.165) is 0 Å². The van der Waals surface area contributed by atoms with Crippen molar-refractivity contribution >= 4 is 45.1 Å². The average Bonchev–Trinajstić information content (AvgIpc) is 2.09. The van der Waals surface area contributed by atoms with Crippen molar-refractivity contribution in [3.63, 3.8) is 0 Å². The van der Waals surface area contributed by atoms with Crippen LogP contribution in [-0.2, 0) is 10.1 Å². The van der Waals surface area contributed by atoms with Crippen LogP contribution in [0.25, 0.3) is 0 Å². The van der Waals surface area contributed by atoms with Gasteiger partial charge in [-0.3, -0.25) is 4.55 Å². The third-order valence-corrected chi connectivity index (χ3v) is 4.20. The van der Waals surface area contributed by atoms with E-state index in [1.165, 1.54) is 11.8 Å². The Bertz CT molecular complexity index is 445. The van der Waals surface area contributed by atoms with E-state index < -0.39 is 10.1 Å². The minimum absolute atomic E-state index is 0.235. The standard InChI is InChI=1S/C8H8Cl2O3S2/c9-6-1-2-7(10)8(5-6)14-3-4-15(11,12)13/h1-2,5H,3-4H2,(H,11,12,13). The molecule has 84 valence electrons. The Morgan fingerprint density at radius 2 is 2.00 bits per heavy atom. The van der Waals surface area contributed by atoms with Crippen molar-refractivity contribution in [1.29, 1.82) is 0 Å². The van der Waals surface area contributed by atoms with Crippen molar-refractivity contribution in [3.8, 4) is 0 Å². The molecule has 1 rings (SSSR count). The molecule has 3 nitrogen and oxygen atoms in total. The van der Waals surface area contributed by atoms with Crippen LogP contribution in [0, 0.1) is 0 Å². The van der Waals surface area contributed by atoms with E-state index in [-0.39, 0.29) is 11.5 Å². The first-order valence-electron chi connectivity index (χ1n) is 3.91. The highest BCUT2D eigenvalue weighted by Gasteiger charge is 2.07. The van der Waals surface area contributed by atoms with Crippen LogP contribution in [-0.4, -0.2) is 24.5 Å². The van der Waals surface area contributed by atoms with Crippen LogP contribution in [0.15, 0.2) is 23.1 Å². The predicted octanol–water partition coefficient (Wildman–Crippen LogP) is 2.97. The van der Waals surface area contributed by atoms with Gasteiger partial charge in [0.15, 0.2) is 0 Å². The number of rotatable bonds is 4. The first-order valence-corrected chi connectivity index (χ1v) is 7.26. The summed E-state index contributed by atoms with van der Waals surface area (Å²) in [7, 11) is -3.91. The number of benzene rings is 1. The molecule has 0 unspecified atom stereocenters. The topological polar surface area (TPSA) is 54.4 Å². The molecule has 0 bridgehead atoms. The van der Waals surface area contributed by atoms with Gasteiger partial charge in [0.1, 0.15) is 0 Å². The molecule has 0 radical (unpaired) electrons. The summed E-state index contributed by atoms with van der Waals surface area (Å²) >= 11 is 12.8. The maximum atomic E-state index is 10.5. The Kier molecular flexibility index (Phi) is 4.73. The highest BCUT2D eigenvalue weighted by Crippen LogP contribution is 2.29. The molecule has 0 aliphatic carbocycles. The first-order chi connectivity index (χ1) is 6.88. The van der Waals surface area contributed by atoms with Gasteiger partial charge < -0.3 is 0 Å². The molecule has 0 spiro atoms. The number of hydrogen-bond acceptors (Lipinski definition) is 3. The van der Waals surface area contributed by atoms with E-state index in [1.54, 1.807) is 18.2 Å². The molecule has 0 fully saturated rings. The minimum Gasteiger partial charge on any atom is -0.286 e. The quantitative estimate of drug-likeness (QED) is 0.683. The number of halogens is 2. The molecule has 1 N–H and O–H groups in total. The van der Waals surface area contributed by atoms with Crippen LogP contribution in [0.3, 0.4) is 0 Å². The zero-order valence-corrected chi connectivity index (χ0v) is 10.6. The van der Waals surface area contributed by atoms with Crippen LogP contribution >= 0.6 is 35.0 Å². The lowest BCUT2D eigenvalue weighted by molar-refractivity contribution is 0.485. The van der Waals surface area contributed by atoms with Gasteiger partial charge in [0.25, 0.3) is 10.1 Å². The number of thioether (sulfide) groups is 1. The molecular weight excluding hydrogens is 279 g/mol. The summed E-state index contributed by atoms with van der Waals surface area (Å²) in [6.45, 7) is 0. The van der Waals surface area contributed by atoms with Gasteiger partial charge in [0.05, 0.1) is 10.8 Å². The van der Waals surface area contributed by atoms with E-state index in [4.69, 9.17) is 27.8 Å². The zero-order valence-electron chi connectivity index (χ0n) is 7.48. The highest BCUT2D eigenvalue weighted by molar-refractivity contribution is 8.00. The average molecular weight is 287 g/mol. The van der Waals surface area contributed by atoms with Gasteiger partial charge in [-0.25, -0.2) is 0 Å². The molecule has 0 aliphatic heterocycles. The van der Waals surface area contributed by atoms with Crippen LogP contribution in [0.5, 0.6) is 0 Å². The Balaban J connectivity index is 2.61. The maximum Gasteiger partial charge on any atom is 0.265 e. The summed E-state index contributed by atoms with van der Waals surface area (Å²) in [5.41, 5.74) is 0. The van der Waals surface area contributed by atoms with Gasteiger partial charge in [0.2, 0.25) is 0 Å². The largest absolute Gasteiger partial charge is 0.286 e. The third-order valence-electron chi connectivity index (χ3n) is 1.49. The van der Waals surface area contributed by atoms with Crippen LogP contribution in [0.2, 0.25) is 10.0 Å². The zero-order chi connectivity index (χ0) is 11.5. The van der Waals surface area contributed by atoms with Crippen molar-refractivity contribution in [2.75, 3.05) is 11.5 Å². The molecule has 15 heavy (non-hydrogen) atoms. The summed E-state index contributed by atoms with van der Waals surface area (Å²) in [5.74, 6) is -0.0700. The molecule has 0 saturated heterocycles. The molecule has 0 aliphatic rings. The maximum absolute atomic E-state index is 10.5. The Labute approximate surface area is 103 Å². The Morgan fingerprint density at radius 3 is 2.60 bits per heavy atom. The summed E-state index contributed by atoms with van der Waals surface area (Å²) in [6.07, 6.45) is 0. The van der Waals surface area contributed by atoms with E-state index in [2.05, 4.69) is 0 Å². The van der Waals surface area contributed by atoms with Crippen molar-refractivity contribution in [1.82, 2.24) is 0 Å². The van der Waals surface area contributed by atoms with Crippen molar-refractivity contribution in [3.05, 3.63) is 28.2 Å². The second kappa shape index (κ2) is 5.41. The molecule has 0 atom stereocenters. The summed E-state index contributed by atoms with van der Waals surface area (Å²) in [6, 6.07) is 4.94. The lowest BCUT2D eigenvalue weighted by Crippen LogP contribution is -2.05. The molecule has 0 amide bonds. The van der Waals surface area contributed by atoms with Crippen molar-refractivity contribution in [2.45, 2.75) is 4.90 Å². The van der Waals surface area contributed by atoms with Crippen LogP contribution < -0.4 is 0 Å². The fourth-order valence-electron chi connectivity index (χ4n) is 0.845. The first kappa shape index (κ1) is 13.1. The second-order valence-corrected chi connectivity index (χ2v) is 6.26. The molecule has 1 aromatic carbocycles. The second-order valence-electron chi connectivity index (χ2n) is 2.71. The summed E-state index contributed by atoms with van der Waals surface area (Å²) < 4.78 is 29.4. The fraction of sp³-hybridized carbons (Fsp3) is 0.250. The van der Waals surface area contributed by atoms with E-state index in [1.807, 2.05) is 0 Å². The SMILES string of the molecule is O=S(=O)(O)CCSc1cc(Cl)ccc1Cl. The van der Waals surface area contributed by atoms with E-state index >= 15 is 0 Å². The van der Waals surface area contributed by atoms with Crippen molar-refractivity contribution in [2.24, 2.45) is 0 Å². The Morgan fingerprint density at radius 1 is 1.33 bits per heavy atom. The minimum atomic E-state index is -3.91. The Hall–Kier alpha value is 0.0600. The highest BCUT2D eigenvalue weighted by atomic mass is 35.5. The van der Waals surface area contributed by atoms with Crippen LogP contribution in [0.1, 0.15) is 0 Å². The van der Waals surface area contributed by atoms with E-state index in [9.17, 15) is 8.42 Å². The van der Waals surface area contributed by atoms with Crippen LogP contribution in [0.4, 0.5) is 0 Å².